The first kappa shape index (κ1) is 16.8. The summed E-state index contributed by atoms with van der Waals surface area (Å²) in [6.07, 6.45) is 1.23. The van der Waals surface area contributed by atoms with Crippen LogP contribution >= 0.6 is 0 Å². The Labute approximate surface area is 135 Å². The summed E-state index contributed by atoms with van der Waals surface area (Å²) in [5.41, 5.74) is -0.425. The third kappa shape index (κ3) is 3.44. The van der Waals surface area contributed by atoms with Crippen LogP contribution in [0.15, 0.2) is 30.5 Å². The molecule has 1 aromatic carbocycles. The normalized spacial score (nSPS) is 9.88. The zero-order valence-electron chi connectivity index (χ0n) is 12.4. The molecule has 9 heteroatoms. The molecule has 24 heavy (non-hydrogen) atoms. The quantitative estimate of drug-likeness (QED) is 0.508. The van der Waals surface area contributed by atoms with Gasteiger partial charge in [0.05, 0.1) is 17.6 Å². The highest BCUT2D eigenvalue weighted by atomic mass is 19.1. The lowest BCUT2D eigenvalue weighted by atomic mass is 10.1. The summed E-state index contributed by atoms with van der Waals surface area (Å²) in [4.78, 5) is 25.6. The summed E-state index contributed by atoms with van der Waals surface area (Å²) >= 11 is 0. The smallest absolute Gasteiger partial charge is 0.337 e. The third-order valence-electron chi connectivity index (χ3n) is 3.14. The number of esters is 1. The van der Waals surface area contributed by atoms with E-state index in [9.17, 15) is 19.3 Å². The molecule has 0 radical (unpaired) electrons. The van der Waals surface area contributed by atoms with Gasteiger partial charge in [0, 0.05) is 18.3 Å². The molecule has 1 heterocycles. The number of nitrogens with one attached hydrogen (secondary N) is 1. The molecule has 0 unspecified atom stereocenters. The molecule has 0 aliphatic rings. The van der Waals surface area contributed by atoms with Gasteiger partial charge in [0.25, 0.3) is 0 Å². The second-order valence-electron chi connectivity index (χ2n) is 4.58. The number of pyridine rings is 1. The first-order valence-electron chi connectivity index (χ1n) is 6.62. The van der Waals surface area contributed by atoms with Crippen molar-refractivity contribution in [3.05, 3.63) is 63.1 Å². The fraction of sp³-hybridized carbons (Fsp3) is 0.133. The first-order valence-corrected chi connectivity index (χ1v) is 6.62. The van der Waals surface area contributed by atoms with Crippen LogP contribution in [0.5, 0.6) is 0 Å². The maximum atomic E-state index is 13.8. The molecule has 0 aliphatic carbocycles. The lowest BCUT2D eigenvalue weighted by Gasteiger charge is -2.09. The van der Waals surface area contributed by atoms with Crippen molar-refractivity contribution < 1.29 is 18.8 Å². The molecular weight excluding hydrogens is 319 g/mol. The van der Waals surface area contributed by atoms with Crippen molar-refractivity contribution in [3.8, 4) is 6.07 Å². The summed E-state index contributed by atoms with van der Waals surface area (Å²) in [5, 5.41) is 22.6. The fourth-order valence-electron chi connectivity index (χ4n) is 1.99. The minimum Gasteiger partial charge on any atom is -0.465 e. The van der Waals surface area contributed by atoms with Gasteiger partial charge in [-0.3, -0.25) is 10.1 Å². The zero-order chi connectivity index (χ0) is 17.7. The summed E-state index contributed by atoms with van der Waals surface area (Å²) in [5.74, 6) is -1.40. The Bertz CT molecular complexity index is 848. The predicted molar refractivity (Wildman–Crippen MR) is 80.7 cm³/mol. The van der Waals surface area contributed by atoms with Crippen LogP contribution in [0.4, 0.5) is 15.9 Å². The van der Waals surface area contributed by atoms with Crippen LogP contribution in [0.1, 0.15) is 21.5 Å². The van der Waals surface area contributed by atoms with Gasteiger partial charge in [-0.2, -0.15) is 5.26 Å². The van der Waals surface area contributed by atoms with Crippen molar-refractivity contribution >= 4 is 17.5 Å². The molecule has 0 fully saturated rings. The lowest BCUT2D eigenvalue weighted by Crippen LogP contribution is -2.09. The highest BCUT2D eigenvalue weighted by molar-refractivity contribution is 5.89. The first-order chi connectivity index (χ1) is 11.5. The van der Waals surface area contributed by atoms with Crippen LogP contribution in [0, 0.1) is 27.3 Å². The number of ether oxygens (including phenoxy) is 1. The predicted octanol–water partition coefficient (Wildman–Crippen LogP) is 2.40. The van der Waals surface area contributed by atoms with Gasteiger partial charge in [0.2, 0.25) is 5.82 Å². The highest BCUT2D eigenvalue weighted by Crippen LogP contribution is 2.26. The van der Waals surface area contributed by atoms with Gasteiger partial charge in [0.1, 0.15) is 17.4 Å². The van der Waals surface area contributed by atoms with Crippen molar-refractivity contribution in [2.45, 2.75) is 6.54 Å². The Morgan fingerprint density at radius 1 is 1.50 bits per heavy atom. The molecule has 2 rings (SSSR count). The minimum atomic E-state index is -0.741. The molecule has 0 atom stereocenters. The van der Waals surface area contributed by atoms with E-state index in [4.69, 9.17) is 5.26 Å². The van der Waals surface area contributed by atoms with Crippen LogP contribution in [-0.4, -0.2) is 23.0 Å². The van der Waals surface area contributed by atoms with Crippen LogP contribution < -0.4 is 5.32 Å². The molecule has 1 N–H and O–H groups in total. The van der Waals surface area contributed by atoms with Crippen molar-refractivity contribution in [3.63, 3.8) is 0 Å². The molecule has 2 aromatic rings. The maximum absolute atomic E-state index is 13.8. The van der Waals surface area contributed by atoms with Gasteiger partial charge >= 0.3 is 11.7 Å². The average molecular weight is 330 g/mol. The Morgan fingerprint density at radius 3 is 2.88 bits per heavy atom. The van der Waals surface area contributed by atoms with Crippen LogP contribution in [-0.2, 0) is 11.3 Å². The van der Waals surface area contributed by atoms with Crippen LogP contribution in [0.25, 0.3) is 0 Å². The van der Waals surface area contributed by atoms with Crippen LogP contribution in [0.2, 0.25) is 0 Å². The number of carbonyl (C=O) groups excluding carboxylic acids is 1. The van der Waals surface area contributed by atoms with E-state index in [1.807, 2.05) is 0 Å². The van der Waals surface area contributed by atoms with E-state index >= 15 is 0 Å². The number of anilines is 1. The number of nitro groups is 1. The molecule has 8 nitrogen and oxygen atoms in total. The summed E-state index contributed by atoms with van der Waals surface area (Å²) < 4.78 is 18.4. The summed E-state index contributed by atoms with van der Waals surface area (Å²) in [6.45, 7) is -0.167. The Balaban J connectivity index is 2.31. The molecular formula is C15H11FN4O4. The Hall–Kier alpha value is -3.54. The van der Waals surface area contributed by atoms with Crippen molar-refractivity contribution in [1.82, 2.24) is 4.98 Å². The maximum Gasteiger partial charge on any atom is 0.337 e. The van der Waals surface area contributed by atoms with E-state index < -0.39 is 22.4 Å². The second kappa shape index (κ2) is 7.15. The van der Waals surface area contributed by atoms with E-state index in [-0.39, 0.29) is 29.1 Å². The number of benzene rings is 1. The number of aromatic nitrogens is 1. The fourth-order valence-corrected chi connectivity index (χ4v) is 1.99. The minimum absolute atomic E-state index is 0.0939. The van der Waals surface area contributed by atoms with Gasteiger partial charge in [-0.25, -0.2) is 14.2 Å². The molecule has 0 aliphatic heterocycles. The monoisotopic (exact) mass is 330 g/mol. The SMILES string of the molecule is COC(=O)c1ccc(F)c(CNc2nccc(C#N)c2[N+](=O)[O-])c1. The number of hydrogen-bond acceptors (Lipinski definition) is 7. The molecule has 1 aromatic heterocycles. The summed E-state index contributed by atoms with van der Waals surface area (Å²) in [7, 11) is 1.20. The number of nitrogens with zero attached hydrogens (tertiary/aromatic N) is 3. The van der Waals surface area contributed by atoms with E-state index in [1.165, 1.54) is 31.5 Å². The number of nitriles is 1. The highest BCUT2D eigenvalue weighted by Gasteiger charge is 2.21. The van der Waals surface area contributed by atoms with Gasteiger partial charge < -0.3 is 10.1 Å². The van der Waals surface area contributed by atoms with Gasteiger partial charge in [-0.1, -0.05) is 0 Å². The Kier molecular flexibility index (Phi) is 5.01. The average Bonchev–Trinajstić information content (AvgIpc) is 2.59. The second-order valence-corrected chi connectivity index (χ2v) is 4.58. The number of hydrogen-bond donors (Lipinski definition) is 1. The number of rotatable bonds is 5. The van der Waals surface area contributed by atoms with E-state index in [0.717, 1.165) is 6.07 Å². The van der Waals surface area contributed by atoms with Gasteiger partial charge in [0.15, 0.2) is 0 Å². The van der Waals surface area contributed by atoms with E-state index in [1.54, 1.807) is 6.07 Å². The van der Waals surface area contributed by atoms with Crippen LogP contribution in [0.3, 0.4) is 0 Å². The zero-order valence-corrected chi connectivity index (χ0v) is 12.4. The van der Waals surface area contributed by atoms with Gasteiger partial charge in [-0.05, 0) is 24.3 Å². The molecule has 0 saturated carbocycles. The van der Waals surface area contributed by atoms with Crippen molar-refractivity contribution in [2.75, 3.05) is 12.4 Å². The lowest BCUT2D eigenvalue weighted by molar-refractivity contribution is -0.384. The molecule has 0 spiro atoms. The third-order valence-corrected chi connectivity index (χ3v) is 3.14. The molecule has 0 bridgehead atoms. The van der Waals surface area contributed by atoms with Crippen molar-refractivity contribution in [1.29, 1.82) is 5.26 Å². The number of halogens is 1. The molecule has 0 amide bonds. The number of methoxy groups -OCH3 is 1. The largest absolute Gasteiger partial charge is 0.465 e. The van der Waals surface area contributed by atoms with E-state index in [2.05, 4.69) is 15.0 Å². The Morgan fingerprint density at radius 2 is 2.25 bits per heavy atom. The summed E-state index contributed by atoms with van der Waals surface area (Å²) in [6, 6.07) is 6.54. The van der Waals surface area contributed by atoms with E-state index in [0.29, 0.717) is 0 Å². The number of carbonyl (C=O) groups is 1. The molecule has 122 valence electrons. The van der Waals surface area contributed by atoms with Crippen molar-refractivity contribution in [2.24, 2.45) is 0 Å². The standard InChI is InChI=1S/C15H11FN4O4/c1-24-15(21)9-2-3-12(16)11(6-9)8-19-14-13(20(22)23)10(7-17)4-5-18-14/h2-6H,8H2,1H3,(H,18,19). The topological polar surface area (TPSA) is 118 Å². The molecule has 0 saturated heterocycles. The van der Waals surface area contributed by atoms with Gasteiger partial charge in [-0.15, -0.1) is 0 Å².